The Labute approximate surface area is 140 Å². The summed E-state index contributed by atoms with van der Waals surface area (Å²) in [5, 5.41) is 0. The quantitative estimate of drug-likeness (QED) is 0.793. The number of sulfonamides is 1. The molecule has 130 valence electrons. The molecule has 1 aliphatic rings. The Bertz CT molecular complexity index is 606. The molecule has 0 N–H and O–H groups in total. The summed E-state index contributed by atoms with van der Waals surface area (Å²) in [5.74, 6) is 0.0805. The molecule has 1 aliphatic heterocycles. The lowest BCUT2D eigenvalue weighted by Gasteiger charge is -2.43. The van der Waals surface area contributed by atoms with E-state index in [-0.39, 0.29) is 17.8 Å². The van der Waals surface area contributed by atoms with Crippen molar-refractivity contribution in [1.29, 1.82) is 0 Å². The van der Waals surface area contributed by atoms with Crippen LogP contribution in [-0.2, 0) is 20.5 Å². The number of nitrogens with zero attached hydrogens (tertiary/aromatic N) is 2. The highest BCUT2D eigenvalue weighted by atomic mass is 32.2. The third-order valence-corrected chi connectivity index (χ3v) is 6.37. The number of hydrogen-bond donors (Lipinski definition) is 0. The molecule has 0 saturated carbocycles. The highest BCUT2D eigenvalue weighted by Gasteiger charge is 2.35. The van der Waals surface area contributed by atoms with Gasteiger partial charge in [-0.25, -0.2) is 8.42 Å². The van der Waals surface area contributed by atoms with Crippen molar-refractivity contribution in [2.24, 2.45) is 0 Å². The average Bonchev–Trinajstić information content (AvgIpc) is 2.48. The normalized spacial score (nSPS) is 24.0. The second-order valence-electron chi connectivity index (χ2n) is 6.43. The van der Waals surface area contributed by atoms with E-state index < -0.39 is 10.0 Å². The highest BCUT2D eigenvalue weighted by molar-refractivity contribution is 7.88. The van der Waals surface area contributed by atoms with E-state index in [9.17, 15) is 8.42 Å². The summed E-state index contributed by atoms with van der Waals surface area (Å²) >= 11 is 0. The van der Waals surface area contributed by atoms with Crippen LogP contribution in [0.3, 0.4) is 0 Å². The van der Waals surface area contributed by atoms with E-state index in [1.54, 1.807) is 11.4 Å². The fourth-order valence-electron chi connectivity index (χ4n) is 3.23. The molecule has 1 fully saturated rings. The van der Waals surface area contributed by atoms with Crippen LogP contribution in [0.1, 0.15) is 25.0 Å². The van der Waals surface area contributed by atoms with E-state index in [1.165, 1.54) is 0 Å². The van der Waals surface area contributed by atoms with Crippen LogP contribution in [0.25, 0.3) is 0 Å². The van der Waals surface area contributed by atoms with Gasteiger partial charge in [-0.05, 0) is 31.9 Å². The molecule has 5 nitrogen and oxygen atoms in total. The van der Waals surface area contributed by atoms with Gasteiger partial charge < -0.3 is 4.74 Å². The monoisotopic (exact) mass is 340 g/mol. The van der Waals surface area contributed by atoms with Gasteiger partial charge in [-0.1, -0.05) is 24.3 Å². The Balaban J connectivity index is 2.08. The maximum atomic E-state index is 12.8. The van der Waals surface area contributed by atoms with Crippen molar-refractivity contribution in [3.63, 3.8) is 0 Å². The molecule has 2 rings (SSSR count). The molecule has 1 aromatic carbocycles. The zero-order valence-electron chi connectivity index (χ0n) is 14.5. The smallest absolute Gasteiger partial charge is 0.218 e. The minimum Gasteiger partial charge on any atom is -0.383 e. The van der Waals surface area contributed by atoms with Gasteiger partial charge in [-0.2, -0.15) is 4.31 Å². The van der Waals surface area contributed by atoms with Crippen molar-refractivity contribution >= 4 is 10.0 Å². The van der Waals surface area contributed by atoms with Gasteiger partial charge in [0.25, 0.3) is 0 Å². The summed E-state index contributed by atoms with van der Waals surface area (Å²) in [6.45, 7) is 8.72. The van der Waals surface area contributed by atoms with Crippen LogP contribution in [0.5, 0.6) is 0 Å². The van der Waals surface area contributed by atoms with Crippen LogP contribution in [0, 0.1) is 6.92 Å². The molecule has 0 bridgehead atoms. The van der Waals surface area contributed by atoms with Gasteiger partial charge in [-0.15, -0.1) is 0 Å². The summed E-state index contributed by atoms with van der Waals surface area (Å²) in [4.78, 5) is 2.32. The standard InChI is InChI=1S/C17H28N2O3S/c1-14-7-5-6-8-17(14)13-23(20,21)18-11-15(2)19(9-10-22-4)16(3)12-18/h5-8,15-16H,9-13H2,1-4H3. The third-order valence-electron chi connectivity index (χ3n) is 4.61. The number of benzene rings is 1. The topological polar surface area (TPSA) is 49.9 Å². The van der Waals surface area contributed by atoms with Gasteiger partial charge in [0.15, 0.2) is 0 Å². The Hall–Kier alpha value is -0.950. The Morgan fingerprint density at radius 1 is 1.17 bits per heavy atom. The molecule has 2 unspecified atom stereocenters. The molecule has 1 saturated heterocycles. The molecule has 1 aromatic rings. The van der Waals surface area contributed by atoms with Crippen LogP contribution in [0.4, 0.5) is 0 Å². The van der Waals surface area contributed by atoms with Gasteiger partial charge in [0.2, 0.25) is 10.0 Å². The molecule has 0 radical (unpaired) electrons. The van der Waals surface area contributed by atoms with E-state index in [4.69, 9.17) is 4.74 Å². The molecule has 23 heavy (non-hydrogen) atoms. The predicted octanol–water partition coefficient (Wildman–Crippen LogP) is 1.87. The zero-order valence-corrected chi connectivity index (χ0v) is 15.3. The largest absolute Gasteiger partial charge is 0.383 e. The number of rotatable bonds is 6. The van der Waals surface area contributed by atoms with Crippen LogP contribution in [0.15, 0.2) is 24.3 Å². The van der Waals surface area contributed by atoms with Crippen molar-refractivity contribution in [2.75, 3.05) is 33.4 Å². The fourth-order valence-corrected chi connectivity index (χ4v) is 5.02. The van der Waals surface area contributed by atoms with E-state index >= 15 is 0 Å². The first-order chi connectivity index (χ1) is 10.8. The molecule has 0 aromatic heterocycles. The predicted molar refractivity (Wildman–Crippen MR) is 92.9 cm³/mol. The summed E-state index contributed by atoms with van der Waals surface area (Å²) in [6.07, 6.45) is 0. The molecular formula is C17H28N2O3S. The first kappa shape index (κ1) is 18.4. The van der Waals surface area contributed by atoms with Crippen LogP contribution < -0.4 is 0 Å². The fraction of sp³-hybridized carbons (Fsp3) is 0.647. The number of methoxy groups -OCH3 is 1. The molecule has 0 spiro atoms. The maximum absolute atomic E-state index is 12.8. The average molecular weight is 340 g/mol. The third kappa shape index (κ3) is 4.53. The van der Waals surface area contributed by atoms with Gasteiger partial charge >= 0.3 is 0 Å². The number of ether oxygens (including phenoxy) is 1. The Kier molecular flexibility index (Phi) is 6.19. The first-order valence-corrected chi connectivity index (χ1v) is 9.73. The molecular weight excluding hydrogens is 312 g/mol. The Morgan fingerprint density at radius 2 is 1.78 bits per heavy atom. The molecule has 0 amide bonds. The summed E-state index contributed by atoms with van der Waals surface area (Å²) in [5.41, 5.74) is 1.91. The van der Waals surface area contributed by atoms with E-state index in [0.29, 0.717) is 19.7 Å². The second-order valence-corrected chi connectivity index (χ2v) is 8.40. The van der Waals surface area contributed by atoms with Gasteiger partial charge in [0, 0.05) is 38.8 Å². The van der Waals surface area contributed by atoms with Gasteiger partial charge in [-0.3, -0.25) is 4.90 Å². The zero-order chi connectivity index (χ0) is 17.0. The molecule has 6 heteroatoms. The van der Waals surface area contributed by atoms with Crippen molar-refractivity contribution in [1.82, 2.24) is 9.21 Å². The van der Waals surface area contributed by atoms with Crippen LogP contribution in [0.2, 0.25) is 0 Å². The minimum atomic E-state index is -3.29. The molecule has 1 heterocycles. The lowest BCUT2D eigenvalue weighted by atomic mass is 10.1. The summed E-state index contributed by atoms with van der Waals surface area (Å²) < 4.78 is 32.4. The summed E-state index contributed by atoms with van der Waals surface area (Å²) in [6, 6.07) is 8.07. The second kappa shape index (κ2) is 7.75. The summed E-state index contributed by atoms with van der Waals surface area (Å²) in [7, 11) is -1.60. The van der Waals surface area contributed by atoms with Crippen molar-refractivity contribution in [3.05, 3.63) is 35.4 Å². The maximum Gasteiger partial charge on any atom is 0.218 e. The highest BCUT2D eigenvalue weighted by Crippen LogP contribution is 2.21. The van der Waals surface area contributed by atoms with Crippen molar-refractivity contribution < 1.29 is 13.2 Å². The number of hydrogen-bond acceptors (Lipinski definition) is 4. The van der Waals surface area contributed by atoms with Gasteiger partial charge in [0.1, 0.15) is 0 Å². The van der Waals surface area contributed by atoms with Crippen LogP contribution in [-0.4, -0.2) is 63.1 Å². The Morgan fingerprint density at radius 3 is 2.35 bits per heavy atom. The lowest BCUT2D eigenvalue weighted by molar-refractivity contribution is 0.0495. The van der Waals surface area contributed by atoms with E-state index in [2.05, 4.69) is 18.7 Å². The van der Waals surface area contributed by atoms with Crippen molar-refractivity contribution in [2.45, 2.75) is 38.6 Å². The van der Waals surface area contributed by atoms with Gasteiger partial charge in [0.05, 0.1) is 12.4 Å². The molecule has 0 aliphatic carbocycles. The van der Waals surface area contributed by atoms with E-state index in [1.807, 2.05) is 31.2 Å². The number of aryl methyl sites for hydroxylation is 1. The van der Waals surface area contributed by atoms with Crippen LogP contribution >= 0.6 is 0 Å². The molecule has 2 atom stereocenters. The first-order valence-electron chi connectivity index (χ1n) is 8.12. The number of piperazine rings is 1. The van der Waals surface area contributed by atoms with Crippen molar-refractivity contribution in [3.8, 4) is 0 Å². The minimum absolute atomic E-state index is 0.0805. The lowest BCUT2D eigenvalue weighted by Crippen LogP contribution is -2.58. The SMILES string of the molecule is COCCN1C(C)CN(S(=O)(=O)Cc2ccccc2C)CC1C. The van der Waals surface area contributed by atoms with E-state index in [0.717, 1.165) is 17.7 Å².